The zero-order valence-electron chi connectivity index (χ0n) is 17.2. The van der Waals surface area contributed by atoms with Gasteiger partial charge in [0.2, 0.25) is 0 Å². The van der Waals surface area contributed by atoms with Crippen molar-refractivity contribution in [3.05, 3.63) is 71.3 Å². The van der Waals surface area contributed by atoms with E-state index in [1.807, 2.05) is 6.92 Å². The van der Waals surface area contributed by atoms with Gasteiger partial charge in [-0.2, -0.15) is 0 Å². The molecular formula is C26H33NO. The van der Waals surface area contributed by atoms with E-state index in [1.54, 1.807) is 11.1 Å². The second-order valence-electron chi connectivity index (χ2n) is 8.10. The summed E-state index contributed by atoms with van der Waals surface area (Å²) < 4.78 is 5.68. The number of nitrogens with zero attached hydrogens (tertiary/aromatic N) is 1. The fourth-order valence-corrected chi connectivity index (χ4v) is 4.72. The molecule has 1 aliphatic heterocycles. The maximum absolute atomic E-state index is 5.68. The molecule has 0 bridgehead atoms. The second kappa shape index (κ2) is 9.43. The van der Waals surface area contributed by atoms with Crippen LogP contribution in [0.3, 0.4) is 0 Å². The van der Waals surface area contributed by atoms with Crippen LogP contribution in [-0.4, -0.2) is 30.6 Å². The number of hydrogen-bond donors (Lipinski definition) is 0. The lowest BCUT2D eigenvalue weighted by molar-refractivity contribution is 0.121. The van der Waals surface area contributed by atoms with Gasteiger partial charge >= 0.3 is 0 Å². The predicted molar refractivity (Wildman–Crippen MR) is 118 cm³/mol. The lowest BCUT2D eigenvalue weighted by Gasteiger charge is -2.43. The SMILES string of the molecule is CCOc1ccc(C(CCc2ccccc2)=C2CCCCC2N2CCC2)cc1. The normalized spacial score (nSPS) is 21.8. The molecule has 1 heterocycles. The Balaban J connectivity index is 1.65. The molecule has 2 fully saturated rings. The number of allylic oxidation sites excluding steroid dienone is 1. The van der Waals surface area contributed by atoms with E-state index in [4.69, 9.17) is 4.74 Å². The molecule has 2 aromatic rings. The monoisotopic (exact) mass is 375 g/mol. The topological polar surface area (TPSA) is 12.5 Å². The first-order valence-corrected chi connectivity index (χ1v) is 11.1. The summed E-state index contributed by atoms with van der Waals surface area (Å²) >= 11 is 0. The molecule has 1 saturated heterocycles. The predicted octanol–water partition coefficient (Wildman–Crippen LogP) is 6.12. The summed E-state index contributed by atoms with van der Waals surface area (Å²) in [4.78, 5) is 2.71. The first kappa shape index (κ1) is 19.3. The molecule has 2 nitrogen and oxygen atoms in total. The molecule has 2 aliphatic rings. The van der Waals surface area contributed by atoms with Crippen LogP contribution >= 0.6 is 0 Å². The Hall–Kier alpha value is -2.06. The van der Waals surface area contributed by atoms with Crippen molar-refractivity contribution in [3.63, 3.8) is 0 Å². The van der Waals surface area contributed by atoms with Gasteiger partial charge in [-0.25, -0.2) is 0 Å². The first-order chi connectivity index (χ1) is 13.8. The average Bonchev–Trinajstić information content (AvgIpc) is 2.70. The molecular weight excluding hydrogens is 342 g/mol. The van der Waals surface area contributed by atoms with E-state index in [0.717, 1.165) is 25.2 Å². The van der Waals surface area contributed by atoms with E-state index >= 15 is 0 Å². The minimum absolute atomic E-state index is 0.667. The van der Waals surface area contributed by atoms with E-state index < -0.39 is 0 Å². The Morgan fingerprint density at radius 1 is 0.964 bits per heavy atom. The molecule has 0 N–H and O–H groups in total. The smallest absolute Gasteiger partial charge is 0.119 e. The zero-order valence-corrected chi connectivity index (χ0v) is 17.2. The number of benzene rings is 2. The van der Waals surface area contributed by atoms with Gasteiger partial charge in [-0.1, -0.05) is 48.9 Å². The molecule has 1 aliphatic carbocycles. The number of ether oxygens (including phenoxy) is 1. The van der Waals surface area contributed by atoms with Crippen LogP contribution in [0.5, 0.6) is 5.75 Å². The summed E-state index contributed by atoms with van der Waals surface area (Å²) in [5.74, 6) is 0.974. The summed E-state index contributed by atoms with van der Waals surface area (Å²) in [5.41, 5.74) is 6.12. The molecule has 1 unspecified atom stereocenters. The number of aryl methyl sites for hydroxylation is 1. The molecule has 0 radical (unpaired) electrons. The van der Waals surface area contributed by atoms with E-state index in [-0.39, 0.29) is 0 Å². The first-order valence-electron chi connectivity index (χ1n) is 11.1. The van der Waals surface area contributed by atoms with Gasteiger partial charge in [0.25, 0.3) is 0 Å². The minimum atomic E-state index is 0.667. The molecule has 0 aromatic heterocycles. The molecule has 2 heteroatoms. The van der Waals surface area contributed by atoms with Crippen molar-refractivity contribution >= 4 is 5.57 Å². The standard InChI is InChI=1S/C26H33NO/c1-2-28-23-16-14-22(15-17-23)24(18-13-21-9-4-3-5-10-21)25-11-6-7-12-26(25)27-19-8-20-27/h3-5,9-10,14-17,26H,2,6-8,11-13,18-20H2,1H3. The summed E-state index contributed by atoms with van der Waals surface area (Å²) in [6.07, 6.45) is 8.91. The van der Waals surface area contributed by atoms with Crippen LogP contribution in [0.2, 0.25) is 0 Å². The van der Waals surface area contributed by atoms with Gasteiger partial charge in [-0.3, -0.25) is 4.90 Å². The van der Waals surface area contributed by atoms with E-state index in [2.05, 4.69) is 59.5 Å². The molecule has 2 aromatic carbocycles. The Morgan fingerprint density at radius 3 is 2.43 bits per heavy atom. The van der Waals surface area contributed by atoms with E-state index in [1.165, 1.54) is 56.3 Å². The highest BCUT2D eigenvalue weighted by Gasteiger charge is 2.30. The maximum Gasteiger partial charge on any atom is 0.119 e. The molecule has 0 spiro atoms. The fraction of sp³-hybridized carbons (Fsp3) is 0.462. The summed E-state index contributed by atoms with van der Waals surface area (Å²) in [7, 11) is 0. The van der Waals surface area contributed by atoms with Crippen molar-refractivity contribution in [3.8, 4) is 5.75 Å². The van der Waals surface area contributed by atoms with Crippen LogP contribution in [0.1, 0.15) is 56.6 Å². The van der Waals surface area contributed by atoms with Crippen LogP contribution in [0.15, 0.2) is 60.2 Å². The summed E-state index contributed by atoms with van der Waals surface area (Å²) in [6, 6.07) is 20.4. The van der Waals surface area contributed by atoms with Crippen molar-refractivity contribution in [2.24, 2.45) is 0 Å². The zero-order chi connectivity index (χ0) is 19.2. The van der Waals surface area contributed by atoms with E-state index in [0.29, 0.717) is 6.04 Å². The molecule has 1 atom stereocenters. The van der Waals surface area contributed by atoms with Crippen molar-refractivity contribution in [1.82, 2.24) is 4.90 Å². The quantitative estimate of drug-likeness (QED) is 0.578. The Labute approximate surface area is 170 Å². The average molecular weight is 376 g/mol. The Bertz CT molecular complexity index is 774. The molecule has 28 heavy (non-hydrogen) atoms. The van der Waals surface area contributed by atoms with Crippen LogP contribution in [0.25, 0.3) is 5.57 Å². The van der Waals surface area contributed by atoms with Crippen LogP contribution in [0.4, 0.5) is 0 Å². The highest BCUT2D eigenvalue weighted by atomic mass is 16.5. The third kappa shape index (κ3) is 4.50. The van der Waals surface area contributed by atoms with Gasteiger partial charge in [0.1, 0.15) is 5.75 Å². The summed E-state index contributed by atoms with van der Waals surface area (Å²) in [6.45, 7) is 5.33. The van der Waals surface area contributed by atoms with Gasteiger partial charge in [-0.05, 0) is 92.9 Å². The van der Waals surface area contributed by atoms with Crippen LogP contribution < -0.4 is 4.74 Å². The fourth-order valence-electron chi connectivity index (χ4n) is 4.72. The lowest BCUT2D eigenvalue weighted by Crippen LogP contribution is -2.47. The lowest BCUT2D eigenvalue weighted by atomic mass is 9.81. The number of likely N-dealkylation sites (tertiary alicyclic amines) is 1. The van der Waals surface area contributed by atoms with Gasteiger partial charge in [0.15, 0.2) is 0 Å². The Kier molecular flexibility index (Phi) is 6.49. The third-order valence-electron chi connectivity index (χ3n) is 6.32. The van der Waals surface area contributed by atoms with Crippen molar-refractivity contribution in [2.45, 2.75) is 57.9 Å². The van der Waals surface area contributed by atoms with Crippen LogP contribution in [0, 0.1) is 0 Å². The van der Waals surface area contributed by atoms with Gasteiger partial charge in [-0.15, -0.1) is 0 Å². The van der Waals surface area contributed by atoms with Gasteiger partial charge in [0, 0.05) is 6.04 Å². The summed E-state index contributed by atoms with van der Waals surface area (Å²) in [5, 5.41) is 0. The maximum atomic E-state index is 5.68. The molecule has 4 rings (SSSR count). The molecule has 1 saturated carbocycles. The van der Waals surface area contributed by atoms with Crippen molar-refractivity contribution in [2.75, 3.05) is 19.7 Å². The highest BCUT2D eigenvalue weighted by Crippen LogP contribution is 2.38. The number of rotatable bonds is 7. The van der Waals surface area contributed by atoms with Crippen LogP contribution in [-0.2, 0) is 6.42 Å². The second-order valence-corrected chi connectivity index (χ2v) is 8.10. The molecule has 148 valence electrons. The van der Waals surface area contributed by atoms with E-state index in [9.17, 15) is 0 Å². The third-order valence-corrected chi connectivity index (χ3v) is 6.32. The highest BCUT2D eigenvalue weighted by molar-refractivity contribution is 5.70. The minimum Gasteiger partial charge on any atom is -0.494 e. The largest absolute Gasteiger partial charge is 0.494 e. The number of hydrogen-bond acceptors (Lipinski definition) is 2. The van der Waals surface area contributed by atoms with Crippen molar-refractivity contribution < 1.29 is 4.74 Å². The molecule has 0 amide bonds. The van der Waals surface area contributed by atoms with Gasteiger partial charge < -0.3 is 4.74 Å². The van der Waals surface area contributed by atoms with Crippen molar-refractivity contribution in [1.29, 1.82) is 0 Å². The van der Waals surface area contributed by atoms with Gasteiger partial charge in [0.05, 0.1) is 6.61 Å². The Morgan fingerprint density at radius 2 is 1.75 bits per heavy atom.